The van der Waals surface area contributed by atoms with Gasteiger partial charge in [-0.15, -0.1) is 0 Å². The molecule has 0 spiro atoms. The number of halogens is 18. The van der Waals surface area contributed by atoms with Gasteiger partial charge in [0.25, 0.3) is 0 Å². The van der Waals surface area contributed by atoms with Crippen molar-refractivity contribution in [3.05, 3.63) is 12.7 Å². The summed E-state index contributed by atoms with van der Waals surface area (Å²) < 4.78 is 236. The van der Waals surface area contributed by atoms with Gasteiger partial charge in [0.05, 0.1) is 6.42 Å². The number of carbonyl (C=O) groups excluding carboxylic acids is 1. The Hall–Kier alpha value is -2.05. The van der Waals surface area contributed by atoms with Gasteiger partial charge in [0.15, 0.2) is 0 Å². The zero-order valence-electron chi connectivity index (χ0n) is 14.7. The number of carbonyl (C=O) groups is 1. The predicted octanol–water partition coefficient (Wildman–Crippen LogP) is 6.41. The lowest BCUT2D eigenvalue weighted by Gasteiger charge is -2.42. The number of hydrogen-bond acceptors (Lipinski definition) is 2. The Morgan fingerprint density at radius 1 is 0.636 bits per heavy atom. The molecule has 0 fully saturated rings. The SMILES string of the molecule is C=CC(=O)OC(F)CC(F)(F)C(F)(F)C(F)(F)C(F)(F)C(F)(F)C(F)(F)C(F)(F)C(F)(F)F. The highest BCUT2D eigenvalue weighted by atomic mass is 19.4. The summed E-state index contributed by atoms with van der Waals surface area (Å²) in [4.78, 5) is 10.5. The van der Waals surface area contributed by atoms with Crippen molar-refractivity contribution in [2.75, 3.05) is 0 Å². The van der Waals surface area contributed by atoms with E-state index in [1.54, 1.807) is 0 Å². The van der Waals surface area contributed by atoms with E-state index in [0.29, 0.717) is 0 Å². The molecule has 0 saturated carbocycles. The second-order valence-electron chi connectivity index (χ2n) is 5.90. The van der Waals surface area contributed by atoms with Crippen LogP contribution in [-0.4, -0.2) is 60.0 Å². The third kappa shape index (κ3) is 4.52. The summed E-state index contributed by atoms with van der Waals surface area (Å²) in [6.07, 6.45) is -15.5. The van der Waals surface area contributed by atoms with Gasteiger partial charge < -0.3 is 4.74 Å². The lowest BCUT2D eigenvalue weighted by molar-refractivity contribution is -0.462. The number of esters is 1. The quantitative estimate of drug-likeness (QED) is 0.183. The van der Waals surface area contributed by atoms with Crippen molar-refractivity contribution >= 4 is 5.97 Å². The van der Waals surface area contributed by atoms with Crippen molar-refractivity contribution in [3.8, 4) is 0 Å². The minimum Gasteiger partial charge on any atom is -0.428 e. The summed E-state index contributed by atoms with van der Waals surface area (Å²) in [6.45, 7) is 2.53. The van der Waals surface area contributed by atoms with Crippen LogP contribution in [0.15, 0.2) is 12.7 Å². The van der Waals surface area contributed by atoms with E-state index in [-0.39, 0.29) is 6.08 Å². The molecule has 33 heavy (non-hydrogen) atoms. The van der Waals surface area contributed by atoms with Gasteiger partial charge in [-0.1, -0.05) is 6.58 Å². The van der Waals surface area contributed by atoms with Crippen LogP contribution >= 0.6 is 0 Å². The fourth-order valence-corrected chi connectivity index (χ4v) is 1.74. The van der Waals surface area contributed by atoms with Gasteiger partial charge in [0, 0.05) is 6.08 Å². The van der Waals surface area contributed by atoms with E-state index < -0.39 is 66.4 Å². The Morgan fingerprint density at radius 3 is 1.24 bits per heavy atom. The maximum absolute atomic E-state index is 13.4. The summed E-state index contributed by atoms with van der Waals surface area (Å²) in [5.74, 6) is -60.0. The van der Waals surface area contributed by atoms with Crippen LogP contribution in [0.25, 0.3) is 0 Å². The second-order valence-corrected chi connectivity index (χ2v) is 5.90. The molecule has 1 unspecified atom stereocenters. The first kappa shape index (κ1) is 30.9. The molecule has 0 N–H and O–H groups in total. The Bertz CT molecular complexity index is 736. The summed E-state index contributed by atoms with van der Waals surface area (Å²) in [5.41, 5.74) is 0. The Morgan fingerprint density at radius 2 is 0.939 bits per heavy atom. The molecule has 0 bridgehead atoms. The topological polar surface area (TPSA) is 26.3 Å². The van der Waals surface area contributed by atoms with E-state index in [4.69, 9.17) is 0 Å². The zero-order valence-corrected chi connectivity index (χ0v) is 14.7. The largest absolute Gasteiger partial charge is 0.460 e. The van der Waals surface area contributed by atoms with Crippen LogP contribution in [0.5, 0.6) is 0 Å². The molecule has 0 aliphatic carbocycles. The molecule has 0 heterocycles. The average Bonchev–Trinajstić information content (AvgIpc) is 2.58. The van der Waals surface area contributed by atoms with E-state index in [9.17, 15) is 83.8 Å². The van der Waals surface area contributed by atoms with Gasteiger partial charge in [0.1, 0.15) is 0 Å². The minimum absolute atomic E-state index is 0.0327. The second kappa shape index (κ2) is 8.31. The summed E-state index contributed by atoms with van der Waals surface area (Å²) in [6, 6.07) is 0. The summed E-state index contributed by atoms with van der Waals surface area (Å²) >= 11 is 0. The van der Waals surface area contributed by atoms with E-state index in [2.05, 4.69) is 11.3 Å². The molecule has 0 rings (SSSR count). The maximum atomic E-state index is 13.4. The van der Waals surface area contributed by atoms with Gasteiger partial charge in [-0.05, 0) is 0 Å². The smallest absolute Gasteiger partial charge is 0.428 e. The molecule has 0 aromatic rings. The molecular formula is C13H6F18O2. The molecule has 0 amide bonds. The molecule has 0 radical (unpaired) electrons. The number of alkyl halides is 18. The maximum Gasteiger partial charge on any atom is 0.460 e. The normalized spacial score (nSPS) is 16.4. The first-order valence-corrected chi connectivity index (χ1v) is 7.28. The van der Waals surface area contributed by atoms with Crippen LogP contribution in [0.4, 0.5) is 79.0 Å². The Labute approximate surface area is 169 Å². The highest BCUT2D eigenvalue weighted by Crippen LogP contribution is 2.64. The first-order valence-electron chi connectivity index (χ1n) is 7.28. The molecule has 0 aliphatic heterocycles. The van der Waals surface area contributed by atoms with Crippen molar-refractivity contribution < 1.29 is 88.6 Å². The van der Waals surface area contributed by atoms with Crippen molar-refractivity contribution in [2.45, 2.75) is 60.4 Å². The molecule has 0 aliphatic rings. The molecule has 1 atom stereocenters. The van der Waals surface area contributed by atoms with E-state index in [0.717, 1.165) is 0 Å². The van der Waals surface area contributed by atoms with Crippen LogP contribution in [0, 0.1) is 0 Å². The van der Waals surface area contributed by atoms with Crippen molar-refractivity contribution in [2.24, 2.45) is 0 Å². The van der Waals surface area contributed by atoms with Gasteiger partial charge in [-0.25, -0.2) is 9.18 Å². The molecule has 0 aromatic carbocycles. The fourth-order valence-electron chi connectivity index (χ4n) is 1.74. The lowest BCUT2D eigenvalue weighted by Crippen LogP contribution is -2.74. The van der Waals surface area contributed by atoms with Crippen LogP contribution in [0.2, 0.25) is 0 Å². The third-order valence-corrected chi connectivity index (χ3v) is 3.61. The van der Waals surface area contributed by atoms with Crippen molar-refractivity contribution in [1.29, 1.82) is 0 Å². The first-order chi connectivity index (χ1) is 14.1. The molecule has 2 nitrogen and oxygen atoms in total. The van der Waals surface area contributed by atoms with Gasteiger partial charge in [-0.3, -0.25) is 0 Å². The van der Waals surface area contributed by atoms with Crippen LogP contribution in [0.3, 0.4) is 0 Å². The standard InChI is InChI=1S/C13H6F18O2/c1-2-5(32)33-4(14)3-6(15,16)7(17,18)8(19,20)9(21,22)10(23,24)11(25,26)12(27,28)13(29,30)31/h2,4H,1,3H2. The predicted molar refractivity (Wildman–Crippen MR) is 66.5 cm³/mol. The van der Waals surface area contributed by atoms with Crippen LogP contribution < -0.4 is 0 Å². The van der Waals surface area contributed by atoms with E-state index in [1.165, 1.54) is 0 Å². The highest BCUT2D eigenvalue weighted by molar-refractivity contribution is 5.81. The van der Waals surface area contributed by atoms with Crippen molar-refractivity contribution in [3.63, 3.8) is 0 Å². The minimum atomic E-state index is -8.77. The van der Waals surface area contributed by atoms with E-state index >= 15 is 0 Å². The fraction of sp³-hybridized carbons (Fsp3) is 0.769. The summed E-state index contributed by atoms with van der Waals surface area (Å²) in [5, 5.41) is 0. The summed E-state index contributed by atoms with van der Waals surface area (Å²) in [7, 11) is 0. The highest BCUT2D eigenvalue weighted by Gasteiger charge is 2.95. The molecule has 20 heteroatoms. The van der Waals surface area contributed by atoms with Gasteiger partial charge in [-0.2, -0.15) is 74.6 Å². The number of ether oxygens (including phenoxy) is 1. The van der Waals surface area contributed by atoms with Crippen LogP contribution in [0.1, 0.15) is 6.42 Å². The van der Waals surface area contributed by atoms with Gasteiger partial charge >= 0.3 is 53.6 Å². The van der Waals surface area contributed by atoms with Crippen molar-refractivity contribution in [1.82, 2.24) is 0 Å². The average molecular weight is 536 g/mol. The van der Waals surface area contributed by atoms with E-state index in [1.807, 2.05) is 0 Å². The lowest BCUT2D eigenvalue weighted by atomic mass is 9.88. The molecular weight excluding hydrogens is 530 g/mol. The molecule has 0 aromatic heterocycles. The molecule has 0 saturated heterocycles. The third-order valence-electron chi connectivity index (χ3n) is 3.61. The number of hydrogen-bond donors (Lipinski definition) is 0. The zero-order chi connectivity index (χ0) is 27.3. The van der Waals surface area contributed by atoms with Crippen LogP contribution in [-0.2, 0) is 9.53 Å². The molecule has 196 valence electrons. The van der Waals surface area contributed by atoms with Gasteiger partial charge in [0.2, 0.25) is 6.36 Å². The number of rotatable bonds is 10. The Balaban J connectivity index is 6.52. The Kier molecular flexibility index (Phi) is 7.80. The monoisotopic (exact) mass is 536 g/mol.